The van der Waals surface area contributed by atoms with Crippen molar-refractivity contribution < 1.29 is 50.5 Å². The minimum absolute atomic E-state index is 0.114. The van der Waals surface area contributed by atoms with Crippen LogP contribution in [-0.2, 0) is 39.6 Å². The fourth-order valence-electron chi connectivity index (χ4n) is 7.98. The maximum absolute atomic E-state index is 14.1. The molecule has 0 bridgehead atoms. The standard InChI is InChI=1S/C39H45F6N5O5/c1-2-30-20-31(21-32(18-25-6-4-3-5-7-25)50(30)37(53)55-34-10-8-27(9-11-34)35(51)52)49(36-46-22-33(23-47-36)48-12-14-54-15-13-48)24-26-16-28(38(40,41)42)19-29(17-26)39(43,44)45/h3-7,16-17,19,22-23,27,30-32,34H,2,8-15,18,20-21,24H2,1H3,(H,51,52)/t27-,30-,31?,32+,34-/m1/s1. The maximum atomic E-state index is 14.1. The van der Waals surface area contributed by atoms with Crippen LogP contribution in [0, 0.1) is 5.92 Å². The molecule has 2 aliphatic heterocycles. The minimum atomic E-state index is -5.02. The summed E-state index contributed by atoms with van der Waals surface area (Å²) in [4.78, 5) is 40.2. The first-order chi connectivity index (χ1) is 26.2. The van der Waals surface area contributed by atoms with Crippen molar-refractivity contribution in [2.75, 3.05) is 36.1 Å². The number of rotatable bonds is 10. The summed E-state index contributed by atoms with van der Waals surface area (Å²) in [5.41, 5.74) is -1.41. The lowest BCUT2D eigenvalue weighted by molar-refractivity contribution is -0.144. The number of morpholine rings is 1. The van der Waals surface area contributed by atoms with E-state index in [1.165, 1.54) is 0 Å². The van der Waals surface area contributed by atoms with Crippen LogP contribution in [0.4, 0.5) is 42.8 Å². The molecule has 1 N–H and O–H groups in total. The van der Waals surface area contributed by atoms with Crippen LogP contribution in [0.1, 0.15) is 74.1 Å². The number of hydrogen-bond donors (Lipinski definition) is 1. The maximum Gasteiger partial charge on any atom is 0.416 e. The summed E-state index contributed by atoms with van der Waals surface area (Å²) in [5.74, 6) is -1.22. The second kappa shape index (κ2) is 17.0. The average molecular weight is 778 g/mol. The van der Waals surface area contributed by atoms with Crippen molar-refractivity contribution in [1.82, 2.24) is 14.9 Å². The van der Waals surface area contributed by atoms with E-state index in [-0.39, 0.29) is 30.5 Å². The third-order valence-corrected chi connectivity index (χ3v) is 10.9. The molecule has 1 aromatic heterocycles. The van der Waals surface area contributed by atoms with Gasteiger partial charge in [0.25, 0.3) is 0 Å². The Labute approximate surface area is 315 Å². The summed E-state index contributed by atoms with van der Waals surface area (Å²) in [6, 6.07) is 9.64. The molecule has 1 unspecified atom stereocenters. The second-order valence-corrected chi connectivity index (χ2v) is 14.5. The number of piperidine rings is 1. The molecule has 298 valence electrons. The third kappa shape index (κ3) is 9.99. The zero-order chi connectivity index (χ0) is 39.3. The number of carbonyl (C=O) groups is 2. The van der Waals surface area contributed by atoms with Crippen LogP contribution in [0.15, 0.2) is 60.9 Å². The Bertz CT molecular complexity index is 1720. The van der Waals surface area contributed by atoms with Gasteiger partial charge in [0.05, 0.1) is 48.3 Å². The van der Waals surface area contributed by atoms with Gasteiger partial charge in [-0.3, -0.25) is 4.79 Å². The number of aliphatic carboxylic acids is 1. The first-order valence-electron chi connectivity index (χ1n) is 18.6. The molecule has 1 aliphatic carbocycles. The van der Waals surface area contributed by atoms with Crippen molar-refractivity contribution in [3.05, 3.63) is 83.2 Å². The number of carboxylic acids is 1. The minimum Gasteiger partial charge on any atom is -0.481 e. The summed E-state index contributed by atoms with van der Waals surface area (Å²) < 4.78 is 95.3. The van der Waals surface area contributed by atoms with Crippen molar-refractivity contribution in [3.63, 3.8) is 0 Å². The van der Waals surface area contributed by atoms with E-state index in [0.29, 0.717) is 76.9 Å². The summed E-state index contributed by atoms with van der Waals surface area (Å²) >= 11 is 0. The number of anilines is 2. The quantitative estimate of drug-likeness (QED) is 0.205. The molecule has 3 aliphatic rings. The molecule has 55 heavy (non-hydrogen) atoms. The van der Waals surface area contributed by atoms with Gasteiger partial charge in [-0.1, -0.05) is 37.3 Å². The zero-order valence-electron chi connectivity index (χ0n) is 30.4. The number of aromatic nitrogens is 2. The van der Waals surface area contributed by atoms with Gasteiger partial charge in [0.15, 0.2) is 0 Å². The Kier molecular flexibility index (Phi) is 12.4. The van der Waals surface area contributed by atoms with E-state index in [9.17, 15) is 41.0 Å². The number of alkyl halides is 6. The highest BCUT2D eigenvalue weighted by Gasteiger charge is 2.43. The highest BCUT2D eigenvalue weighted by atomic mass is 19.4. The number of carboxylic acid groups (broad SMARTS) is 1. The van der Waals surface area contributed by atoms with E-state index in [4.69, 9.17) is 9.47 Å². The lowest BCUT2D eigenvalue weighted by atomic mass is 9.86. The van der Waals surface area contributed by atoms with Crippen molar-refractivity contribution in [1.29, 1.82) is 0 Å². The Morgan fingerprint density at radius 3 is 2.04 bits per heavy atom. The van der Waals surface area contributed by atoms with Gasteiger partial charge in [0.1, 0.15) is 6.10 Å². The molecule has 3 atom stereocenters. The number of nitrogens with zero attached hydrogens (tertiary/aromatic N) is 5. The fraction of sp³-hybridized carbons (Fsp3) is 0.538. The van der Waals surface area contributed by atoms with E-state index >= 15 is 0 Å². The Morgan fingerprint density at radius 1 is 0.873 bits per heavy atom. The first-order valence-corrected chi connectivity index (χ1v) is 18.6. The topological polar surface area (TPSA) is 108 Å². The van der Waals surface area contributed by atoms with Gasteiger partial charge in [-0.15, -0.1) is 0 Å². The van der Waals surface area contributed by atoms with Gasteiger partial charge in [-0.25, -0.2) is 14.8 Å². The number of halogens is 6. The summed E-state index contributed by atoms with van der Waals surface area (Å²) in [5, 5.41) is 9.43. The molecule has 3 fully saturated rings. The van der Waals surface area contributed by atoms with Crippen LogP contribution < -0.4 is 9.80 Å². The SMILES string of the molecule is CC[C@@H]1CC(N(Cc2cc(C(F)(F)F)cc(C(F)(F)F)c2)c2ncc(N3CCOCC3)cn2)C[C@H](Cc2ccccc2)N1C(=O)O[C@H]1CC[C@H](C(=O)O)CC1. The van der Waals surface area contributed by atoms with Crippen molar-refractivity contribution in [3.8, 4) is 0 Å². The average Bonchev–Trinajstić information content (AvgIpc) is 3.17. The van der Waals surface area contributed by atoms with Crippen LogP contribution >= 0.6 is 0 Å². The molecule has 2 saturated heterocycles. The molecule has 1 saturated carbocycles. The van der Waals surface area contributed by atoms with Gasteiger partial charge in [-0.2, -0.15) is 26.3 Å². The summed E-state index contributed by atoms with van der Waals surface area (Å²) in [6.45, 7) is 3.77. The molecule has 3 heterocycles. The number of amides is 1. The fourth-order valence-corrected chi connectivity index (χ4v) is 7.98. The molecule has 0 spiro atoms. The molecular formula is C39H45F6N5O5. The van der Waals surface area contributed by atoms with Crippen molar-refractivity contribution >= 4 is 23.7 Å². The monoisotopic (exact) mass is 777 g/mol. The highest BCUT2D eigenvalue weighted by molar-refractivity contribution is 5.70. The number of carbonyl (C=O) groups excluding carboxylic acids is 1. The molecule has 10 nitrogen and oxygen atoms in total. The molecule has 3 aromatic rings. The van der Waals surface area contributed by atoms with Crippen LogP contribution in [0.3, 0.4) is 0 Å². The lowest BCUT2D eigenvalue weighted by Gasteiger charge is -2.48. The second-order valence-electron chi connectivity index (χ2n) is 14.5. The van der Waals surface area contributed by atoms with E-state index < -0.39 is 65.7 Å². The predicted molar refractivity (Wildman–Crippen MR) is 190 cm³/mol. The Hall–Kier alpha value is -4.60. The van der Waals surface area contributed by atoms with Gasteiger partial charge in [0.2, 0.25) is 5.95 Å². The van der Waals surface area contributed by atoms with Crippen LogP contribution in [0.5, 0.6) is 0 Å². The van der Waals surface area contributed by atoms with E-state index in [0.717, 1.165) is 17.7 Å². The number of ether oxygens (including phenoxy) is 2. The molecular weight excluding hydrogens is 732 g/mol. The van der Waals surface area contributed by atoms with Gasteiger partial charge in [0, 0.05) is 37.8 Å². The Morgan fingerprint density at radius 2 is 1.47 bits per heavy atom. The summed E-state index contributed by atoms with van der Waals surface area (Å²) in [7, 11) is 0. The van der Waals surface area contributed by atoms with Crippen LogP contribution in [0.25, 0.3) is 0 Å². The van der Waals surface area contributed by atoms with E-state index in [2.05, 4.69) is 9.97 Å². The smallest absolute Gasteiger partial charge is 0.416 e. The molecule has 1 amide bonds. The highest BCUT2D eigenvalue weighted by Crippen LogP contribution is 2.39. The predicted octanol–water partition coefficient (Wildman–Crippen LogP) is 7.99. The lowest BCUT2D eigenvalue weighted by Crippen LogP contribution is -2.58. The number of benzene rings is 2. The number of likely N-dealkylation sites (tertiary alicyclic amines) is 1. The number of hydrogen-bond acceptors (Lipinski definition) is 8. The third-order valence-electron chi connectivity index (χ3n) is 10.9. The van der Waals surface area contributed by atoms with Crippen molar-refractivity contribution in [2.24, 2.45) is 5.92 Å². The van der Waals surface area contributed by atoms with Crippen LogP contribution in [0.2, 0.25) is 0 Å². The molecule has 0 radical (unpaired) electrons. The molecule has 16 heteroatoms. The van der Waals surface area contributed by atoms with Gasteiger partial charge < -0.3 is 29.3 Å². The van der Waals surface area contributed by atoms with Crippen LogP contribution in [-0.4, -0.2) is 82.6 Å². The van der Waals surface area contributed by atoms with Crippen molar-refractivity contribution in [2.45, 2.75) is 101 Å². The first kappa shape index (κ1) is 40.1. The molecule has 2 aromatic carbocycles. The van der Waals surface area contributed by atoms with E-state index in [1.54, 1.807) is 22.2 Å². The Balaban J connectivity index is 1.35. The largest absolute Gasteiger partial charge is 0.481 e. The molecule has 6 rings (SSSR count). The zero-order valence-corrected chi connectivity index (χ0v) is 30.4. The normalized spacial score (nSPS) is 23.7. The summed E-state index contributed by atoms with van der Waals surface area (Å²) in [6.07, 6.45) is -4.74. The van der Waals surface area contributed by atoms with Gasteiger partial charge in [-0.05, 0) is 80.7 Å². The van der Waals surface area contributed by atoms with Gasteiger partial charge >= 0.3 is 24.4 Å². The van der Waals surface area contributed by atoms with E-state index in [1.807, 2.05) is 42.2 Å².